The minimum atomic E-state index is -1.25. The molecule has 0 aliphatic carbocycles. The van der Waals surface area contributed by atoms with Gasteiger partial charge < -0.3 is 34.9 Å². The van der Waals surface area contributed by atoms with Gasteiger partial charge >= 0.3 is 18.0 Å². The molecule has 0 bridgehead atoms. The quantitative estimate of drug-likeness (QED) is 0.139. The lowest BCUT2D eigenvalue weighted by molar-refractivity contribution is -0.146. The van der Waals surface area contributed by atoms with E-state index in [4.69, 9.17) is 18.9 Å². The predicted octanol–water partition coefficient (Wildman–Crippen LogP) is 4.39. The van der Waals surface area contributed by atoms with Crippen LogP contribution in [0.3, 0.4) is 0 Å². The molecule has 0 aliphatic heterocycles. The molecular weight excluding hydrogens is 630 g/mol. The van der Waals surface area contributed by atoms with E-state index in [2.05, 4.69) is 16.0 Å². The summed E-state index contributed by atoms with van der Waals surface area (Å²) < 4.78 is 21.5. The van der Waals surface area contributed by atoms with Gasteiger partial charge in [-0.05, 0) is 62.9 Å². The summed E-state index contributed by atoms with van der Waals surface area (Å²) in [5, 5.41) is 7.67. The number of alkyl carbamates (subject to hydrolysis) is 1. The molecule has 3 aromatic rings. The minimum Gasteiger partial charge on any atom is -0.489 e. The number of hydrogen-bond acceptors (Lipinski definition) is 9. The van der Waals surface area contributed by atoms with Crippen molar-refractivity contribution in [2.75, 3.05) is 13.2 Å². The van der Waals surface area contributed by atoms with Gasteiger partial charge in [0.15, 0.2) is 0 Å². The minimum absolute atomic E-state index is 0.0420. The van der Waals surface area contributed by atoms with Crippen molar-refractivity contribution in [3.8, 4) is 5.75 Å². The molecular formula is C37H45N3O9. The normalized spacial score (nSPS) is 12.1. The zero-order chi connectivity index (χ0) is 35.6. The second kappa shape index (κ2) is 19.4. The molecule has 0 fully saturated rings. The molecule has 12 nitrogen and oxygen atoms in total. The SMILES string of the molecule is CCOC(=O)CNC(=O)C(CCC(=O)OCc1ccccc1)NC(=O)C(Cc1ccc(OCc2ccccc2)cc1)NC(=O)OC(C)(C)C. The summed E-state index contributed by atoms with van der Waals surface area (Å²) in [6.07, 6.45) is -1.14. The Morgan fingerprint density at radius 3 is 1.88 bits per heavy atom. The zero-order valence-corrected chi connectivity index (χ0v) is 28.4. The van der Waals surface area contributed by atoms with Crippen molar-refractivity contribution in [1.29, 1.82) is 0 Å². The fourth-order valence-electron chi connectivity index (χ4n) is 4.47. The van der Waals surface area contributed by atoms with Crippen LogP contribution in [0, 0.1) is 0 Å². The van der Waals surface area contributed by atoms with Crippen molar-refractivity contribution in [3.63, 3.8) is 0 Å². The molecule has 2 atom stereocenters. The number of amides is 3. The Labute approximate surface area is 286 Å². The van der Waals surface area contributed by atoms with Gasteiger partial charge in [-0.3, -0.25) is 19.2 Å². The Bertz CT molecular complexity index is 1510. The average Bonchev–Trinajstić information content (AvgIpc) is 3.07. The molecule has 0 saturated heterocycles. The number of esters is 2. The fraction of sp³-hybridized carbons (Fsp3) is 0.378. The topological polar surface area (TPSA) is 158 Å². The first-order valence-electron chi connectivity index (χ1n) is 16.1. The molecule has 262 valence electrons. The first-order valence-corrected chi connectivity index (χ1v) is 16.1. The molecule has 0 heterocycles. The third-order valence-corrected chi connectivity index (χ3v) is 6.84. The maximum Gasteiger partial charge on any atom is 0.408 e. The third kappa shape index (κ3) is 14.9. The number of carbonyl (C=O) groups excluding carboxylic acids is 5. The van der Waals surface area contributed by atoms with Gasteiger partial charge in [0, 0.05) is 12.8 Å². The van der Waals surface area contributed by atoms with Crippen LogP contribution in [0.4, 0.5) is 4.79 Å². The Morgan fingerprint density at radius 2 is 1.29 bits per heavy atom. The van der Waals surface area contributed by atoms with Crippen molar-refractivity contribution >= 4 is 29.8 Å². The molecule has 0 aliphatic rings. The molecule has 3 rings (SSSR count). The van der Waals surface area contributed by atoms with E-state index in [-0.39, 0.29) is 32.5 Å². The molecule has 49 heavy (non-hydrogen) atoms. The van der Waals surface area contributed by atoms with E-state index in [0.717, 1.165) is 11.1 Å². The maximum atomic E-state index is 13.7. The molecule has 0 radical (unpaired) electrons. The lowest BCUT2D eigenvalue weighted by atomic mass is 10.0. The van der Waals surface area contributed by atoms with E-state index in [1.165, 1.54) is 0 Å². The smallest absolute Gasteiger partial charge is 0.408 e. The first kappa shape index (κ1) is 38.1. The van der Waals surface area contributed by atoms with Crippen LogP contribution in [0.15, 0.2) is 84.9 Å². The van der Waals surface area contributed by atoms with E-state index in [9.17, 15) is 24.0 Å². The summed E-state index contributed by atoms with van der Waals surface area (Å²) in [5.74, 6) is -2.05. The highest BCUT2D eigenvalue weighted by molar-refractivity contribution is 5.92. The van der Waals surface area contributed by atoms with Crippen molar-refractivity contribution < 1.29 is 42.9 Å². The second-order valence-corrected chi connectivity index (χ2v) is 12.1. The van der Waals surface area contributed by atoms with Crippen LogP contribution in [0.25, 0.3) is 0 Å². The summed E-state index contributed by atoms with van der Waals surface area (Å²) in [6.45, 7) is 6.82. The van der Waals surface area contributed by atoms with Crippen molar-refractivity contribution in [2.45, 2.75) is 77.9 Å². The van der Waals surface area contributed by atoms with Gasteiger partial charge in [-0.1, -0.05) is 72.8 Å². The van der Waals surface area contributed by atoms with Crippen LogP contribution in [0.5, 0.6) is 5.75 Å². The molecule has 0 saturated carbocycles. The van der Waals surface area contributed by atoms with Gasteiger partial charge in [0.1, 0.15) is 43.2 Å². The lowest BCUT2D eigenvalue weighted by Gasteiger charge is -2.25. The number of rotatable bonds is 17. The van der Waals surface area contributed by atoms with Gasteiger partial charge in [0.25, 0.3) is 0 Å². The van der Waals surface area contributed by atoms with E-state index in [1.54, 1.807) is 52.0 Å². The number of ether oxygens (including phenoxy) is 4. The van der Waals surface area contributed by atoms with Crippen molar-refractivity contribution in [3.05, 3.63) is 102 Å². The molecule has 0 aromatic heterocycles. The summed E-state index contributed by atoms with van der Waals surface area (Å²) in [4.78, 5) is 64.1. The number of carbonyl (C=O) groups is 5. The van der Waals surface area contributed by atoms with Gasteiger partial charge in [-0.2, -0.15) is 0 Å². The average molecular weight is 676 g/mol. The maximum absolute atomic E-state index is 13.7. The zero-order valence-electron chi connectivity index (χ0n) is 28.4. The molecule has 0 spiro atoms. The van der Waals surface area contributed by atoms with Crippen LogP contribution in [-0.4, -0.2) is 60.7 Å². The standard InChI is InChI=1S/C37H45N3O9/c1-5-46-33(42)23-38-34(43)30(20-21-32(41)48-25-28-14-10-7-11-15-28)39-35(44)31(40-36(45)49-37(2,3)4)22-26-16-18-29(19-17-26)47-24-27-12-8-6-9-13-27/h6-19,30-31H,5,20-25H2,1-4H3,(H,38,43)(H,39,44)(H,40,45). The van der Waals surface area contributed by atoms with Gasteiger partial charge in [-0.25, -0.2) is 4.79 Å². The van der Waals surface area contributed by atoms with Crippen LogP contribution >= 0.6 is 0 Å². The van der Waals surface area contributed by atoms with Crippen LogP contribution in [0.1, 0.15) is 57.2 Å². The molecule has 3 aromatic carbocycles. The Balaban J connectivity index is 1.72. The third-order valence-electron chi connectivity index (χ3n) is 6.84. The van der Waals surface area contributed by atoms with Crippen LogP contribution < -0.4 is 20.7 Å². The summed E-state index contributed by atoms with van der Waals surface area (Å²) >= 11 is 0. The number of nitrogens with one attached hydrogen (secondary N) is 3. The summed E-state index contributed by atoms with van der Waals surface area (Å²) in [5.41, 5.74) is 1.66. The molecule has 3 N–H and O–H groups in total. The Kier molecular flexibility index (Phi) is 15.1. The predicted molar refractivity (Wildman–Crippen MR) is 181 cm³/mol. The van der Waals surface area contributed by atoms with Gasteiger partial charge in [0.05, 0.1) is 6.61 Å². The largest absolute Gasteiger partial charge is 0.489 e. The second-order valence-electron chi connectivity index (χ2n) is 12.1. The van der Waals surface area contributed by atoms with Gasteiger partial charge in [-0.15, -0.1) is 0 Å². The molecule has 2 unspecified atom stereocenters. The van der Waals surface area contributed by atoms with Crippen molar-refractivity contribution in [2.24, 2.45) is 0 Å². The Hall–Kier alpha value is -5.39. The lowest BCUT2D eigenvalue weighted by Crippen LogP contribution is -2.55. The van der Waals surface area contributed by atoms with E-state index in [0.29, 0.717) is 17.9 Å². The Morgan fingerprint density at radius 1 is 0.673 bits per heavy atom. The van der Waals surface area contributed by atoms with Crippen molar-refractivity contribution in [1.82, 2.24) is 16.0 Å². The highest BCUT2D eigenvalue weighted by atomic mass is 16.6. The van der Waals surface area contributed by atoms with E-state index >= 15 is 0 Å². The molecule has 3 amide bonds. The van der Waals surface area contributed by atoms with Gasteiger partial charge in [0.2, 0.25) is 11.8 Å². The number of benzene rings is 3. The monoisotopic (exact) mass is 675 g/mol. The van der Waals surface area contributed by atoms with E-state index < -0.39 is 54.1 Å². The fourth-order valence-corrected chi connectivity index (χ4v) is 4.47. The summed E-state index contributed by atoms with van der Waals surface area (Å²) in [7, 11) is 0. The highest BCUT2D eigenvalue weighted by Gasteiger charge is 2.29. The highest BCUT2D eigenvalue weighted by Crippen LogP contribution is 2.16. The summed E-state index contributed by atoms with van der Waals surface area (Å²) in [6, 6.07) is 23.4. The first-order chi connectivity index (χ1) is 23.4. The number of hydrogen-bond donors (Lipinski definition) is 3. The van der Waals surface area contributed by atoms with Crippen LogP contribution in [0.2, 0.25) is 0 Å². The van der Waals surface area contributed by atoms with Crippen LogP contribution in [-0.2, 0) is 53.0 Å². The van der Waals surface area contributed by atoms with E-state index in [1.807, 2.05) is 60.7 Å². The molecule has 12 heteroatoms.